The van der Waals surface area contributed by atoms with Crippen molar-refractivity contribution in [1.82, 2.24) is 4.90 Å². The third-order valence-corrected chi connectivity index (χ3v) is 2.02. The monoisotopic (exact) mass is 174 g/mol. The molecule has 0 aromatic carbocycles. The molecule has 68 valence electrons. The molecule has 1 aliphatic heterocycles. The van der Waals surface area contributed by atoms with Crippen LogP contribution in [0.4, 0.5) is 4.79 Å². The zero-order valence-corrected chi connectivity index (χ0v) is 6.36. The van der Waals surface area contributed by atoms with E-state index in [4.69, 9.17) is 15.9 Å². The van der Waals surface area contributed by atoms with Crippen molar-refractivity contribution < 1.29 is 19.8 Å². The van der Waals surface area contributed by atoms with Gasteiger partial charge in [-0.05, 0) is 12.8 Å². The molecular weight excluding hydrogens is 164 g/mol. The van der Waals surface area contributed by atoms with Gasteiger partial charge >= 0.3 is 12.1 Å². The van der Waals surface area contributed by atoms with Crippen LogP contribution in [0.25, 0.3) is 0 Å². The second-order valence-electron chi connectivity index (χ2n) is 2.77. The van der Waals surface area contributed by atoms with Crippen molar-refractivity contribution in [2.24, 2.45) is 5.73 Å². The average Bonchev–Trinajstić information content (AvgIpc) is 2.32. The van der Waals surface area contributed by atoms with Crippen molar-refractivity contribution in [2.45, 2.75) is 18.5 Å². The normalized spacial score (nSPS) is 28.9. The van der Waals surface area contributed by atoms with E-state index in [1.165, 1.54) is 0 Å². The Morgan fingerprint density at radius 1 is 1.42 bits per heavy atom. The molecule has 0 saturated carbocycles. The minimum absolute atomic E-state index is 0.175. The summed E-state index contributed by atoms with van der Waals surface area (Å²) in [6.45, 7) is 0.193. The molecule has 1 aliphatic rings. The first-order valence-corrected chi connectivity index (χ1v) is 3.51. The molecule has 1 amide bonds. The molecule has 1 atom stereocenters. The fraction of sp³-hybridized carbons (Fsp3) is 0.667. The summed E-state index contributed by atoms with van der Waals surface area (Å²) in [4.78, 5) is 21.9. The van der Waals surface area contributed by atoms with E-state index in [1.807, 2.05) is 0 Å². The first kappa shape index (κ1) is 8.79. The molecule has 0 bridgehead atoms. The van der Waals surface area contributed by atoms with E-state index >= 15 is 0 Å². The molecule has 0 aromatic heterocycles. The van der Waals surface area contributed by atoms with E-state index < -0.39 is 17.7 Å². The Kier molecular flexibility index (Phi) is 1.93. The maximum absolute atomic E-state index is 10.6. The quantitative estimate of drug-likeness (QED) is 0.497. The zero-order chi connectivity index (χ0) is 9.35. The molecule has 0 aliphatic carbocycles. The first-order valence-electron chi connectivity index (χ1n) is 3.51. The molecule has 0 radical (unpaired) electrons. The van der Waals surface area contributed by atoms with Gasteiger partial charge in [-0.25, -0.2) is 9.59 Å². The highest BCUT2D eigenvalue weighted by Crippen LogP contribution is 2.24. The standard InChI is InChI=1S/C6H10N2O4/c7-6(4(9)10)2-1-3-8(6)5(11)12/h1-3,7H2,(H,9,10)(H,11,12). The highest BCUT2D eigenvalue weighted by atomic mass is 16.4. The average molecular weight is 174 g/mol. The number of nitrogens with two attached hydrogens (primary N) is 1. The van der Waals surface area contributed by atoms with Crippen molar-refractivity contribution in [2.75, 3.05) is 6.54 Å². The van der Waals surface area contributed by atoms with Crippen LogP contribution in [0.15, 0.2) is 0 Å². The van der Waals surface area contributed by atoms with Gasteiger partial charge in [-0.1, -0.05) is 0 Å². The largest absolute Gasteiger partial charge is 0.478 e. The summed E-state index contributed by atoms with van der Waals surface area (Å²) in [5.74, 6) is -1.29. The number of hydrogen-bond donors (Lipinski definition) is 3. The van der Waals surface area contributed by atoms with Gasteiger partial charge in [0.25, 0.3) is 0 Å². The summed E-state index contributed by atoms with van der Waals surface area (Å²) in [5.41, 5.74) is 3.68. The van der Waals surface area contributed by atoms with Crippen molar-refractivity contribution >= 4 is 12.1 Å². The smallest absolute Gasteiger partial charge is 0.409 e. The van der Waals surface area contributed by atoms with Crippen molar-refractivity contribution in [3.05, 3.63) is 0 Å². The predicted octanol–water partition coefficient (Wildman–Crippen LogP) is -0.500. The molecule has 1 unspecified atom stereocenters. The fourth-order valence-electron chi connectivity index (χ4n) is 1.33. The summed E-state index contributed by atoms with van der Waals surface area (Å²) < 4.78 is 0. The molecule has 1 heterocycles. The second kappa shape index (κ2) is 2.63. The molecule has 6 nitrogen and oxygen atoms in total. The minimum atomic E-state index is -1.72. The van der Waals surface area contributed by atoms with Crippen LogP contribution in [0.1, 0.15) is 12.8 Å². The van der Waals surface area contributed by atoms with Crippen LogP contribution in [0.2, 0.25) is 0 Å². The van der Waals surface area contributed by atoms with Crippen molar-refractivity contribution in [1.29, 1.82) is 0 Å². The third kappa shape index (κ3) is 1.10. The number of nitrogens with zero attached hydrogens (tertiary/aromatic N) is 1. The topological polar surface area (TPSA) is 104 Å². The van der Waals surface area contributed by atoms with Gasteiger partial charge in [0.2, 0.25) is 0 Å². The number of carbonyl (C=O) groups is 2. The molecule has 12 heavy (non-hydrogen) atoms. The highest BCUT2D eigenvalue weighted by Gasteiger charge is 2.47. The molecule has 0 spiro atoms. The Bertz CT molecular complexity index is 230. The van der Waals surface area contributed by atoms with Crippen molar-refractivity contribution in [3.8, 4) is 0 Å². The van der Waals surface area contributed by atoms with Gasteiger partial charge in [-0.3, -0.25) is 10.6 Å². The van der Waals surface area contributed by atoms with Crippen LogP contribution in [0.5, 0.6) is 0 Å². The van der Waals surface area contributed by atoms with E-state index in [0.717, 1.165) is 4.90 Å². The summed E-state index contributed by atoms with van der Waals surface area (Å²) in [6, 6.07) is 0. The molecular formula is C6H10N2O4. The van der Waals surface area contributed by atoms with Crippen LogP contribution in [0.3, 0.4) is 0 Å². The lowest BCUT2D eigenvalue weighted by atomic mass is 10.1. The molecule has 1 rings (SSSR count). The van der Waals surface area contributed by atoms with E-state index in [1.54, 1.807) is 0 Å². The third-order valence-electron chi connectivity index (χ3n) is 2.02. The van der Waals surface area contributed by atoms with E-state index in [9.17, 15) is 9.59 Å². The number of carboxylic acids is 1. The van der Waals surface area contributed by atoms with E-state index in [2.05, 4.69) is 0 Å². The van der Waals surface area contributed by atoms with E-state index in [-0.39, 0.29) is 13.0 Å². The number of amides is 1. The maximum Gasteiger partial charge on any atom is 0.409 e. The molecule has 1 fully saturated rings. The Labute approximate surface area is 68.6 Å². The Hall–Kier alpha value is -1.30. The number of hydrogen-bond acceptors (Lipinski definition) is 3. The van der Waals surface area contributed by atoms with Crippen LogP contribution in [-0.2, 0) is 4.79 Å². The van der Waals surface area contributed by atoms with Gasteiger partial charge in [0.1, 0.15) is 0 Å². The zero-order valence-electron chi connectivity index (χ0n) is 6.36. The molecule has 6 heteroatoms. The van der Waals surface area contributed by atoms with Crippen LogP contribution >= 0.6 is 0 Å². The lowest BCUT2D eigenvalue weighted by molar-refractivity contribution is -0.148. The molecule has 4 N–H and O–H groups in total. The van der Waals surface area contributed by atoms with Gasteiger partial charge in [-0.15, -0.1) is 0 Å². The SMILES string of the molecule is NC1(C(=O)O)CCCN1C(=O)O. The summed E-state index contributed by atoms with van der Waals surface area (Å²) in [5, 5.41) is 17.2. The van der Waals surface area contributed by atoms with Crippen LogP contribution in [0, 0.1) is 0 Å². The lowest BCUT2D eigenvalue weighted by Crippen LogP contribution is -2.59. The summed E-state index contributed by atoms with van der Waals surface area (Å²) in [7, 11) is 0. The first-order chi connectivity index (χ1) is 5.48. The lowest BCUT2D eigenvalue weighted by Gasteiger charge is -2.27. The predicted molar refractivity (Wildman–Crippen MR) is 38.5 cm³/mol. The Morgan fingerprint density at radius 2 is 2.00 bits per heavy atom. The Morgan fingerprint density at radius 3 is 2.33 bits per heavy atom. The maximum atomic E-state index is 10.6. The van der Waals surface area contributed by atoms with Crippen molar-refractivity contribution in [3.63, 3.8) is 0 Å². The van der Waals surface area contributed by atoms with E-state index in [0.29, 0.717) is 6.42 Å². The van der Waals surface area contributed by atoms with Crippen LogP contribution < -0.4 is 5.73 Å². The molecule has 0 aromatic rings. The highest BCUT2D eigenvalue weighted by molar-refractivity contribution is 5.83. The van der Waals surface area contributed by atoms with Gasteiger partial charge in [-0.2, -0.15) is 0 Å². The van der Waals surface area contributed by atoms with Gasteiger partial charge in [0.05, 0.1) is 0 Å². The fourth-order valence-corrected chi connectivity index (χ4v) is 1.33. The minimum Gasteiger partial charge on any atom is -0.478 e. The number of rotatable bonds is 1. The van der Waals surface area contributed by atoms with Gasteiger partial charge in [0, 0.05) is 6.54 Å². The van der Waals surface area contributed by atoms with Gasteiger partial charge in [0.15, 0.2) is 5.66 Å². The van der Waals surface area contributed by atoms with Gasteiger partial charge < -0.3 is 10.2 Å². The summed E-state index contributed by atoms with van der Waals surface area (Å²) >= 11 is 0. The number of carboxylic acid groups (broad SMARTS) is 2. The number of aliphatic carboxylic acids is 1. The van der Waals surface area contributed by atoms with Crippen LogP contribution in [-0.4, -0.2) is 39.4 Å². The summed E-state index contributed by atoms with van der Waals surface area (Å²) in [6.07, 6.45) is -0.610. The molecule has 1 saturated heterocycles. The second-order valence-corrected chi connectivity index (χ2v) is 2.77. The Balaban J connectivity index is 2.89. The number of likely N-dealkylation sites (tertiary alicyclic amines) is 1.